The molecule has 1 heterocycles. The molecule has 0 spiro atoms. The summed E-state index contributed by atoms with van der Waals surface area (Å²) in [5.74, 6) is 0.793. The Labute approximate surface area is 186 Å². The summed E-state index contributed by atoms with van der Waals surface area (Å²) in [6, 6.07) is 16.8. The molecule has 0 fully saturated rings. The Morgan fingerprint density at radius 2 is 1.71 bits per heavy atom. The van der Waals surface area contributed by atoms with Crippen molar-refractivity contribution in [3.8, 4) is 0 Å². The van der Waals surface area contributed by atoms with Crippen molar-refractivity contribution >= 4 is 29.9 Å². The van der Waals surface area contributed by atoms with Crippen molar-refractivity contribution in [2.45, 2.75) is 51.7 Å². The van der Waals surface area contributed by atoms with E-state index in [-0.39, 0.29) is 35.6 Å². The van der Waals surface area contributed by atoms with Crippen LogP contribution in [0.4, 0.5) is 0 Å². The van der Waals surface area contributed by atoms with Crippen LogP contribution >= 0.6 is 24.0 Å². The van der Waals surface area contributed by atoms with Crippen LogP contribution in [0.2, 0.25) is 0 Å². The third kappa shape index (κ3) is 7.39. The van der Waals surface area contributed by atoms with E-state index in [0.717, 1.165) is 31.0 Å². The molecule has 5 nitrogen and oxygen atoms in total. The minimum Gasteiger partial charge on any atom is -0.355 e. The van der Waals surface area contributed by atoms with Gasteiger partial charge in [0.15, 0.2) is 5.96 Å². The van der Waals surface area contributed by atoms with Gasteiger partial charge >= 0.3 is 0 Å². The lowest BCUT2D eigenvalue weighted by atomic mass is 9.90. The second-order valence-corrected chi connectivity index (χ2v) is 6.86. The van der Waals surface area contributed by atoms with E-state index in [1.807, 2.05) is 18.2 Å². The van der Waals surface area contributed by atoms with Gasteiger partial charge < -0.3 is 16.0 Å². The molecule has 1 aromatic carbocycles. The van der Waals surface area contributed by atoms with Crippen molar-refractivity contribution in [2.24, 2.45) is 4.99 Å². The third-order valence-electron chi connectivity index (χ3n) is 5.16. The van der Waals surface area contributed by atoms with E-state index >= 15 is 0 Å². The molecule has 0 amide bonds. The first-order valence-electron chi connectivity index (χ1n) is 9.79. The molecule has 154 valence electrons. The van der Waals surface area contributed by atoms with Gasteiger partial charge in [0.25, 0.3) is 0 Å². The van der Waals surface area contributed by atoms with Gasteiger partial charge in [0, 0.05) is 31.4 Å². The lowest BCUT2D eigenvalue weighted by Crippen LogP contribution is -2.55. The van der Waals surface area contributed by atoms with Gasteiger partial charge in [-0.2, -0.15) is 0 Å². The van der Waals surface area contributed by atoms with Gasteiger partial charge in [-0.15, -0.1) is 24.0 Å². The van der Waals surface area contributed by atoms with Crippen LogP contribution in [0.15, 0.2) is 59.7 Å². The maximum Gasteiger partial charge on any atom is 0.191 e. The molecule has 1 aromatic heterocycles. The fourth-order valence-corrected chi connectivity index (χ4v) is 3.19. The zero-order valence-electron chi connectivity index (χ0n) is 17.4. The van der Waals surface area contributed by atoms with Crippen LogP contribution in [0.1, 0.15) is 50.9 Å². The Balaban J connectivity index is 0.00000392. The lowest BCUT2D eigenvalue weighted by Gasteiger charge is -2.37. The number of pyridine rings is 1. The van der Waals surface area contributed by atoms with E-state index in [2.05, 4.69) is 77.0 Å². The fraction of sp³-hybridized carbons (Fsp3) is 0.455. The molecule has 0 radical (unpaired) electrons. The predicted octanol–water partition coefficient (Wildman–Crippen LogP) is 4.27. The highest BCUT2D eigenvalue weighted by molar-refractivity contribution is 14.0. The number of hydrogen-bond acceptors (Lipinski definition) is 3. The zero-order chi connectivity index (χ0) is 19.5. The van der Waals surface area contributed by atoms with Crippen molar-refractivity contribution in [1.82, 2.24) is 20.9 Å². The number of aromatic nitrogens is 1. The Hall–Kier alpha value is -1.67. The summed E-state index contributed by atoms with van der Waals surface area (Å²) in [7, 11) is 1.80. The summed E-state index contributed by atoms with van der Waals surface area (Å²) in [5, 5.41) is 10.7. The average molecular weight is 495 g/mol. The van der Waals surface area contributed by atoms with E-state index in [9.17, 15) is 0 Å². The minimum atomic E-state index is -0.00211. The molecule has 1 unspecified atom stereocenters. The highest BCUT2D eigenvalue weighted by atomic mass is 127. The van der Waals surface area contributed by atoms with Crippen LogP contribution in [0.5, 0.6) is 0 Å². The quantitative estimate of drug-likeness (QED) is 0.276. The summed E-state index contributed by atoms with van der Waals surface area (Å²) in [4.78, 5) is 8.69. The van der Waals surface area contributed by atoms with Gasteiger partial charge in [0.2, 0.25) is 0 Å². The normalized spacial score (nSPS) is 12.8. The van der Waals surface area contributed by atoms with E-state index in [0.29, 0.717) is 6.54 Å². The molecule has 2 rings (SSSR count). The second-order valence-electron chi connectivity index (χ2n) is 6.86. The first-order chi connectivity index (χ1) is 13.1. The first-order valence-corrected chi connectivity index (χ1v) is 9.79. The van der Waals surface area contributed by atoms with Gasteiger partial charge in [-0.05, 0) is 37.5 Å². The van der Waals surface area contributed by atoms with Gasteiger partial charge in [-0.1, -0.05) is 50.2 Å². The molecule has 0 saturated carbocycles. The molecular weight excluding hydrogens is 461 g/mol. The maximum atomic E-state index is 4.35. The molecule has 28 heavy (non-hydrogen) atoms. The maximum absolute atomic E-state index is 4.35. The van der Waals surface area contributed by atoms with Crippen molar-refractivity contribution < 1.29 is 0 Å². The number of aliphatic imine (C=N–C) groups is 1. The second kappa shape index (κ2) is 12.7. The lowest BCUT2D eigenvalue weighted by molar-refractivity contribution is 0.271. The van der Waals surface area contributed by atoms with Crippen molar-refractivity contribution in [3.63, 3.8) is 0 Å². The molecule has 3 N–H and O–H groups in total. The smallest absolute Gasteiger partial charge is 0.191 e. The predicted molar refractivity (Wildman–Crippen MR) is 129 cm³/mol. The number of halogens is 1. The van der Waals surface area contributed by atoms with Gasteiger partial charge in [-0.3, -0.25) is 9.98 Å². The van der Waals surface area contributed by atoms with Crippen LogP contribution in [0.3, 0.4) is 0 Å². The van der Waals surface area contributed by atoms with Crippen LogP contribution in [0.25, 0.3) is 0 Å². The minimum absolute atomic E-state index is 0. The topological polar surface area (TPSA) is 61.3 Å². The van der Waals surface area contributed by atoms with Crippen molar-refractivity contribution in [2.75, 3.05) is 13.6 Å². The number of hydrogen-bond donors (Lipinski definition) is 3. The Morgan fingerprint density at radius 3 is 2.29 bits per heavy atom. The molecule has 0 bridgehead atoms. The molecule has 6 heteroatoms. The Morgan fingerprint density at radius 1 is 1.04 bits per heavy atom. The molecule has 0 saturated heterocycles. The molecule has 0 aliphatic carbocycles. The first kappa shape index (κ1) is 24.4. The SMILES string of the molecule is CCC(CC)(CNC(=NC)NCc1ccccn1)NC(C)c1ccccc1.I. The largest absolute Gasteiger partial charge is 0.355 e. The van der Waals surface area contributed by atoms with E-state index < -0.39 is 0 Å². The summed E-state index contributed by atoms with van der Waals surface area (Å²) in [5.41, 5.74) is 2.30. The Kier molecular flexibility index (Phi) is 11.1. The summed E-state index contributed by atoms with van der Waals surface area (Å²) in [6.07, 6.45) is 3.87. The van der Waals surface area contributed by atoms with Crippen molar-refractivity contribution in [1.29, 1.82) is 0 Å². The fourth-order valence-electron chi connectivity index (χ4n) is 3.19. The number of nitrogens with zero attached hydrogens (tertiary/aromatic N) is 2. The number of benzene rings is 1. The van der Waals surface area contributed by atoms with Gasteiger partial charge in [0.1, 0.15) is 0 Å². The van der Waals surface area contributed by atoms with E-state index in [1.165, 1.54) is 5.56 Å². The summed E-state index contributed by atoms with van der Waals surface area (Å²) >= 11 is 0. The third-order valence-corrected chi connectivity index (χ3v) is 5.16. The van der Waals surface area contributed by atoms with Gasteiger partial charge in [0.05, 0.1) is 12.2 Å². The standard InChI is InChI=1S/C22H33N5.HI/c1-5-22(6-2,27-18(3)19-12-8-7-9-13-19)17-26-21(23-4)25-16-20-14-10-11-15-24-20;/h7-15,18,27H,5-6,16-17H2,1-4H3,(H2,23,25,26);1H. The highest BCUT2D eigenvalue weighted by Gasteiger charge is 2.28. The molecule has 0 aliphatic rings. The zero-order valence-corrected chi connectivity index (χ0v) is 19.7. The van der Waals surface area contributed by atoms with Crippen LogP contribution in [0, 0.1) is 0 Å². The molecule has 1 atom stereocenters. The molecular formula is C22H34IN5. The Bertz CT molecular complexity index is 687. The van der Waals surface area contributed by atoms with Crippen molar-refractivity contribution in [3.05, 3.63) is 66.0 Å². The summed E-state index contributed by atoms with van der Waals surface area (Å²) < 4.78 is 0. The van der Waals surface area contributed by atoms with E-state index in [4.69, 9.17) is 0 Å². The number of rotatable bonds is 9. The number of nitrogens with one attached hydrogen (secondary N) is 3. The highest BCUT2D eigenvalue weighted by Crippen LogP contribution is 2.21. The summed E-state index contributed by atoms with van der Waals surface area (Å²) in [6.45, 7) is 8.15. The molecule has 0 aliphatic heterocycles. The van der Waals surface area contributed by atoms with Gasteiger partial charge in [-0.25, -0.2) is 0 Å². The van der Waals surface area contributed by atoms with Crippen LogP contribution < -0.4 is 16.0 Å². The van der Waals surface area contributed by atoms with Crippen LogP contribution in [-0.4, -0.2) is 30.1 Å². The molecule has 2 aromatic rings. The van der Waals surface area contributed by atoms with E-state index in [1.54, 1.807) is 13.2 Å². The average Bonchev–Trinajstić information content (AvgIpc) is 2.74. The van der Waals surface area contributed by atoms with Crippen LogP contribution in [-0.2, 0) is 6.54 Å². The number of guanidine groups is 1. The monoisotopic (exact) mass is 495 g/mol.